The van der Waals surface area contributed by atoms with Crippen LogP contribution in [0, 0.1) is 17.2 Å². The topological polar surface area (TPSA) is 61.2 Å². The molecule has 2 rings (SSSR count). The van der Waals surface area contributed by atoms with Crippen molar-refractivity contribution >= 4 is 21.4 Å². The highest BCUT2D eigenvalue weighted by atomic mass is 32.2. The maximum absolute atomic E-state index is 12.8. The number of rotatable bonds is 5. The summed E-state index contributed by atoms with van der Waals surface area (Å²) < 4.78 is 27.6. The Hall–Kier alpha value is -0.900. The maximum atomic E-state index is 12.8. The van der Waals surface area contributed by atoms with Crippen molar-refractivity contribution < 1.29 is 8.42 Å². The summed E-state index contributed by atoms with van der Waals surface area (Å²) in [6, 6.07) is 5.26. The van der Waals surface area contributed by atoms with Gasteiger partial charge in [-0.3, -0.25) is 0 Å². The van der Waals surface area contributed by atoms with E-state index in [1.54, 1.807) is 16.4 Å². The molecule has 0 unspecified atom stereocenters. The number of hydrogen-bond acceptors (Lipinski definition) is 4. The average Bonchev–Trinajstić information content (AvgIpc) is 3.06. The Bertz CT molecular complexity index is 593. The molecule has 1 fully saturated rings. The van der Waals surface area contributed by atoms with Crippen LogP contribution < -0.4 is 0 Å². The first-order valence-electron chi connectivity index (χ1n) is 6.97. The van der Waals surface area contributed by atoms with Gasteiger partial charge in [-0.2, -0.15) is 9.57 Å². The number of nitrogens with zero attached hydrogens (tertiary/aromatic N) is 2. The third-order valence-electron chi connectivity index (χ3n) is 3.53. The molecule has 1 aliphatic carbocycles. The lowest BCUT2D eigenvalue weighted by molar-refractivity contribution is 0.293. The highest BCUT2D eigenvalue weighted by Gasteiger charge is 2.34. The zero-order chi connectivity index (χ0) is 14.8. The molecule has 0 aliphatic heterocycles. The van der Waals surface area contributed by atoms with E-state index in [9.17, 15) is 8.42 Å². The highest BCUT2D eigenvalue weighted by Crippen LogP contribution is 2.32. The molecule has 0 amide bonds. The van der Waals surface area contributed by atoms with Crippen molar-refractivity contribution in [2.45, 2.75) is 49.8 Å². The minimum atomic E-state index is -3.47. The van der Waals surface area contributed by atoms with Gasteiger partial charge in [-0.25, -0.2) is 8.42 Å². The molecule has 0 aromatic carbocycles. The first-order valence-corrected chi connectivity index (χ1v) is 9.22. The summed E-state index contributed by atoms with van der Waals surface area (Å²) in [5.74, 6) is 0.292. The lowest BCUT2D eigenvalue weighted by Crippen LogP contribution is -2.40. The maximum Gasteiger partial charge on any atom is 0.252 e. The Labute approximate surface area is 125 Å². The van der Waals surface area contributed by atoms with Gasteiger partial charge in [0.25, 0.3) is 10.0 Å². The molecule has 0 saturated heterocycles. The molecule has 1 saturated carbocycles. The molecule has 0 bridgehead atoms. The van der Waals surface area contributed by atoms with Crippen LogP contribution in [0.3, 0.4) is 0 Å². The third-order valence-corrected chi connectivity index (χ3v) is 6.91. The number of thiophene rings is 1. The molecule has 0 N–H and O–H groups in total. The summed E-state index contributed by atoms with van der Waals surface area (Å²) in [5, 5.41) is 8.86. The van der Waals surface area contributed by atoms with Gasteiger partial charge in [0.15, 0.2) is 0 Å². The van der Waals surface area contributed by atoms with Gasteiger partial charge in [0, 0.05) is 12.6 Å². The Kier molecular flexibility index (Phi) is 4.84. The zero-order valence-electron chi connectivity index (χ0n) is 11.9. The first kappa shape index (κ1) is 15.5. The molecular formula is C14H20N2O2S2. The van der Waals surface area contributed by atoms with Crippen molar-refractivity contribution in [3.63, 3.8) is 0 Å². The van der Waals surface area contributed by atoms with Gasteiger partial charge in [0.2, 0.25) is 0 Å². The van der Waals surface area contributed by atoms with E-state index >= 15 is 0 Å². The van der Waals surface area contributed by atoms with Crippen LogP contribution in [0.4, 0.5) is 0 Å². The summed E-state index contributed by atoms with van der Waals surface area (Å²) >= 11 is 1.06. The summed E-state index contributed by atoms with van der Waals surface area (Å²) in [5.41, 5.74) is 0. The fourth-order valence-electron chi connectivity index (χ4n) is 2.63. The van der Waals surface area contributed by atoms with Crippen LogP contribution in [-0.2, 0) is 10.0 Å². The van der Waals surface area contributed by atoms with Crippen LogP contribution in [-0.4, -0.2) is 25.3 Å². The summed E-state index contributed by atoms with van der Waals surface area (Å²) in [7, 11) is -3.47. The average molecular weight is 312 g/mol. The standard InChI is InChI=1S/C14H20N2O2S2/c1-11(2)10-16(12-5-3-4-6-12)20(17,18)14-8-7-13(9-15)19-14/h7-8,11-12H,3-6,10H2,1-2H3. The van der Waals surface area contributed by atoms with Crippen LogP contribution in [0.1, 0.15) is 44.4 Å². The molecule has 0 radical (unpaired) electrons. The molecular weight excluding hydrogens is 292 g/mol. The number of sulfonamides is 1. The first-order chi connectivity index (χ1) is 9.45. The van der Waals surface area contributed by atoms with Gasteiger partial charge in [0.1, 0.15) is 15.2 Å². The SMILES string of the molecule is CC(C)CN(C1CCCC1)S(=O)(=O)c1ccc(C#N)s1. The third kappa shape index (κ3) is 3.22. The second-order valence-electron chi connectivity index (χ2n) is 5.64. The van der Waals surface area contributed by atoms with Crippen molar-refractivity contribution in [1.29, 1.82) is 5.26 Å². The largest absolute Gasteiger partial charge is 0.252 e. The molecule has 1 aromatic rings. The van der Waals surface area contributed by atoms with Gasteiger partial charge in [-0.1, -0.05) is 26.7 Å². The highest BCUT2D eigenvalue weighted by molar-refractivity contribution is 7.91. The number of hydrogen-bond donors (Lipinski definition) is 0. The van der Waals surface area contributed by atoms with Gasteiger partial charge < -0.3 is 0 Å². The van der Waals surface area contributed by atoms with Crippen molar-refractivity contribution in [1.82, 2.24) is 4.31 Å². The van der Waals surface area contributed by atoms with E-state index in [0.29, 0.717) is 21.5 Å². The molecule has 20 heavy (non-hydrogen) atoms. The van der Waals surface area contributed by atoms with E-state index in [4.69, 9.17) is 5.26 Å². The Morgan fingerprint density at radius 1 is 1.40 bits per heavy atom. The predicted octanol–water partition coefficient (Wildman–Crippen LogP) is 3.21. The normalized spacial score (nSPS) is 16.9. The van der Waals surface area contributed by atoms with E-state index in [0.717, 1.165) is 37.0 Å². The fourth-order valence-corrected chi connectivity index (χ4v) is 5.71. The van der Waals surface area contributed by atoms with E-state index in [1.165, 1.54) is 0 Å². The second-order valence-corrected chi connectivity index (χ2v) is 8.84. The molecule has 1 heterocycles. The van der Waals surface area contributed by atoms with Crippen molar-refractivity contribution in [2.24, 2.45) is 5.92 Å². The van der Waals surface area contributed by atoms with Crippen LogP contribution in [0.2, 0.25) is 0 Å². The molecule has 6 heteroatoms. The quantitative estimate of drug-likeness (QED) is 0.838. The van der Waals surface area contributed by atoms with Crippen LogP contribution in [0.25, 0.3) is 0 Å². The summed E-state index contributed by atoms with van der Waals surface area (Å²) in [6.07, 6.45) is 4.09. The number of nitriles is 1. The van der Waals surface area contributed by atoms with E-state index < -0.39 is 10.0 Å². The Morgan fingerprint density at radius 2 is 2.05 bits per heavy atom. The molecule has 1 aromatic heterocycles. The smallest absolute Gasteiger partial charge is 0.206 e. The fraction of sp³-hybridized carbons (Fsp3) is 0.643. The van der Waals surface area contributed by atoms with Gasteiger partial charge in [-0.05, 0) is 30.9 Å². The van der Waals surface area contributed by atoms with Crippen LogP contribution >= 0.6 is 11.3 Å². The Balaban J connectivity index is 2.32. The molecule has 110 valence electrons. The van der Waals surface area contributed by atoms with Crippen molar-refractivity contribution in [2.75, 3.05) is 6.54 Å². The summed E-state index contributed by atoms with van der Waals surface area (Å²) in [6.45, 7) is 4.62. The predicted molar refractivity (Wildman–Crippen MR) is 80.0 cm³/mol. The van der Waals surface area contributed by atoms with Gasteiger partial charge >= 0.3 is 0 Å². The minimum absolute atomic E-state index is 0.120. The monoisotopic (exact) mass is 312 g/mol. The van der Waals surface area contributed by atoms with E-state index in [2.05, 4.69) is 0 Å². The minimum Gasteiger partial charge on any atom is -0.206 e. The molecule has 0 spiro atoms. The lowest BCUT2D eigenvalue weighted by atomic mass is 10.2. The van der Waals surface area contributed by atoms with Gasteiger partial charge in [-0.15, -0.1) is 11.3 Å². The molecule has 0 atom stereocenters. The molecule has 1 aliphatic rings. The van der Waals surface area contributed by atoms with Gasteiger partial charge in [0.05, 0.1) is 0 Å². The lowest BCUT2D eigenvalue weighted by Gasteiger charge is -2.29. The van der Waals surface area contributed by atoms with E-state index in [1.807, 2.05) is 19.9 Å². The Morgan fingerprint density at radius 3 is 2.55 bits per heavy atom. The molecule has 4 nitrogen and oxygen atoms in total. The van der Waals surface area contributed by atoms with E-state index in [-0.39, 0.29) is 6.04 Å². The van der Waals surface area contributed by atoms with Crippen LogP contribution in [0.5, 0.6) is 0 Å². The van der Waals surface area contributed by atoms with Crippen molar-refractivity contribution in [3.05, 3.63) is 17.0 Å². The van der Waals surface area contributed by atoms with Crippen LogP contribution in [0.15, 0.2) is 16.3 Å². The second kappa shape index (κ2) is 6.25. The summed E-state index contributed by atoms with van der Waals surface area (Å²) in [4.78, 5) is 0.444. The zero-order valence-corrected chi connectivity index (χ0v) is 13.5. The van der Waals surface area contributed by atoms with Crippen molar-refractivity contribution in [3.8, 4) is 6.07 Å².